The van der Waals surface area contributed by atoms with Crippen molar-refractivity contribution in [2.75, 3.05) is 13.1 Å². The molecule has 3 rings (SSSR count). The van der Waals surface area contributed by atoms with Crippen LogP contribution in [-0.4, -0.2) is 23.2 Å². The zero-order chi connectivity index (χ0) is 19.9. The van der Waals surface area contributed by atoms with Crippen molar-refractivity contribution >= 4 is 0 Å². The van der Waals surface area contributed by atoms with Crippen molar-refractivity contribution in [3.63, 3.8) is 0 Å². The molecular weight excluding hydrogens is 376 g/mol. The van der Waals surface area contributed by atoms with Gasteiger partial charge in [0.15, 0.2) is 0 Å². The van der Waals surface area contributed by atoms with Crippen molar-refractivity contribution in [1.29, 1.82) is 0 Å². The van der Waals surface area contributed by atoms with Crippen LogP contribution in [-0.2, 0) is 18.8 Å². The fourth-order valence-corrected chi connectivity index (χ4v) is 3.10. The third-order valence-electron chi connectivity index (χ3n) is 4.70. The zero-order valence-corrected chi connectivity index (χ0v) is 14.3. The summed E-state index contributed by atoms with van der Waals surface area (Å²) in [6.07, 6.45) is -7.73. The Morgan fingerprint density at radius 1 is 1.00 bits per heavy atom. The fraction of sp³-hybridized carbons (Fsp3) is 0.529. The molecule has 4 nitrogen and oxygen atoms in total. The van der Waals surface area contributed by atoms with E-state index in [1.165, 1.54) is 0 Å². The number of hydrogen-bond acceptors (Lipinski definition) is 4. The van der Waals surface area contributed by atoms with Crippen LogP contribution in [0.15, 0.2) is 22.7 Å². The van der Waals surface area contributed by atoms with Crippen molar-refractivity contribution < 1.29 is 30.9 Å². The van der Waals surface area contributed by atoms with Crippen LogP contribution in [0.1, 0.15) is 36.8 Å². The van der Waals surface area contributed by atoms with Crippen LogP contribution in [0.5, 0.6) is 0 Å². The molecule has 0 amide bonds. The predicted octanol–water partition coefficient (Wildman–Crippen LogP) is 4.71. The van der Waals surface area contributed by atoms with E-state index in [0.717, 1.165) is 25.9 Å². The van der Waals surface area contributed by atoms with Crippen molar-refractivity contribution in [1.82, 2.24) is 15.5 Å². The van der Waals surface area contributed by atoms with Crippen LogP contribution in [0.2, 0.25) is 0 Å². The van der Waals surface area contributed by atoms with Gasteiger partial charge in [-0.1, -0.05) is 12.1 Å². The zero-order valence-electron chi connectivity index (χ0n) is 14.3. The van der Waals surface area contributed by atoms with Crippen LogP contribution in [0.3, 0.4) is 0 Å². The van der Waals surface area contributed by atoms with E-state index in [1.54, 1.807) is 0 Å². The Kier molecular flexibility index (Phi) is 4.96. The maximum atomic E-state index is 13.0. The van der Waals surface area contributed by atoms with Crippen molar-refractivity contribution in [2.45, 2.75) is 38.5 Å². The molecule has 0 saturated carbocycles. The molecule has 1 N–H and O–H groups in total. The summed E-state index contributed by atoms with van der Waals surface area (Å²) in [5.41, 5.74) is -3.32. The molecule has 0 radical (unpaired) electrons. The number of aromatic nitrogens is 2. The van der Waals surface area contributed by atoms with Gasteiger partial charge in [-0.25, -0.2) is 0 Å². The Balaban J connectivity index is 1.93. The number of benzene rings is 1. The van der Waals surface area contributed by atoms with Crippen molar-refractivity contribution in [3.05, 3.63) is 35.2 Å². The monoisotopic (exact) mass is 393 g/mol. The lowest BCUT2D eigenvalue weighted by atomic mass is 9.78. The first-order chi connectivity index (χ1) is 12.5. The van der Waals surface area contributed by atoms with Crippen LogP contribution in [0.25, 0.3) is 11.4 Å². The molecular formula is C17H17F6N3O. The summed E-state index contributed by atoms with van der Waals surface area (Å²) in [6.45, 7) is 3.67. The number of halogens is 6. The fourth-order valence-electron chi connectivity index (χ4n) is 3.10. The molecule has 148 valence electrons. The molecule has 1 aliphatic heterocycles. The SMILES string of the molecule is CC1(Cc2nc(-c3cc(C(F)(F)F)cc(C(F)(F)F)c3)no2)CCNCC1. The van der Waals surface area contributed by atoms with E-state index in [9.17, 15) is 26.3 Å². The van der Waals surface area contributed by atoms with E-state index in [-0.39, 0.29) is 28.8 Å². The van der Waals surface area contributed by atoms with Crippen LogP contribution < -0.4 is 5.32 Å². The summed E-state index contributed by atoms with van der Waals surface area (Å²) in [4.78, 5) is 4.03. The van der Waals surface area contributed by atoms with Gasteiger partial charge in [0.2, 0.25) is 11.7 Å². The summed E-state index contributed by atoms with van der Waals surface area (Å²) in [5, 5.41) is 6.81. The highest BCUT2D eigenvalue weighted by Gasteiger charge is 2.37. The topological polar surface area (TPSA) is 51.0 Å². The Morgan fingerprint density at radius 2 is 1.56 bits per heavy atom. The molecule has 0 spiro atoms. The van der Waals surface area contributed by atoms with Crippen LogP contribution >= 0.6 is 0 Å². The first-order valence-corrected chi connectivity index (χ1v) is 8.29. The molecule has 0 bridgehead atoms. The number of piperidine rings is 1. The molecule has 0 atom stereocenters. The Labute approximate surface area is 150 Å². The number of alkyl halides is 6. The van der Waals surface area contributed by atoms with Crippen LogP contribution in [0.4, 0.5) is 26.3 Å². The summed E-state index contributed by atoms with van der Waals surface area (Å²) in [5.74, 6) is -0.0977. The average molecular weight is 393 g/mol. The number of nitrogens with one attached hydrogen (secondary N) is 1. The largest absolute Gasteiger partial charge is 0.416 e. The third kappa shape index (κ3) is 4.60. The second-order valence-electron chi connectivity index (χ2n) is 7.04. The Bertz CT molecular complexity index is 773. The predicted molar refractivity (Wildman–Crippen MR) is 83.7 cm³/mol. The summed E-state index contributed by atoms with van der Waals surface area (Å²) in [7, 11) is 0. The lowest BCUT2D eigenvalue weighted by Crippen LogP contribution is -2.36. The summed E-state index contributed by atoms with van der Waals surface area (Å²) < 4.78 is 83.0. The van der Waals surface area contributed by atoms with E-state index in [2.05, 4.69) is 15.5 Å². The van der Waals surface area contributed by atoms with Gasteiger partial charge in [0.1, 0.15) is 0 Å². The Hall–Kier alpha value is -2.10. The first-order valence-electron chi connectivity index (χ1n) is 8.29. The lowest BCUT2D eigenvalue weighted by Gasteiger charge is -2.32. The van der Waals surface area contributed by atoms with Gasteiger partial charge in [0, 0.05) is 12.0 Å². The van der Waals surface area contributed by atoms with Crippen molar-refractivity contribution in [2.24, 2.45) is 5.41 Å². The normalized spacial score (nSPS) is 17.9. The van der Waals surface area contributed by atoms with E-state index in [1.807, 2.05) is 6.92 Å². The molecule has 10 heteroatoms. The Morgan fingerprint density at radius 3 is 2.07 bits per heavy atom. The van der Waals surface area contributed by atoms with Gasteiger partial charge < -0.3 is 9.84 Å². The van der Waals surface area contributed by atoms with Gasteiger partial charge in [-0.2, -0.15) is 31.3 Å². The summed E-state index contributed by atoms with van der Waals surface area (Å²) >= 11 is 0. The number of rotatable bonds is 3. The number of hydrogen-bond donors (Lipinski definition) is 1. The van der Waals surface area contributed by atoms with Gasteiger partial charge >= 0.3 is 12.4 Å². The van der Waals surface area contributed by atoms with Gasteiger partial charge in [-0.15, -0.1) is 0 Å². The van der Waals surface area contributed by atoms with E-state index >= 15 is 0 Å². The minimum absolute atomic E-state index is 0.0700. The first kappa shape index (κ1) is 19.7. The maximum Gasteiger partial charge on any atom is 0.416 e. The van der Waals surface area contributed by atoms with E-state index < -0.39 is 23.5 Å². The second kappa shape index (κ2) is 6.81. The van der Waals surface area contributed by atoms with Gasteiger partial charge in [-0.05, 0) is 49.5 Å². The minimum Gasteiger partial charge on any atom is -0.339 e. The molecule has 2 aromatic rings. The molecule has 1 aromatic carbocycles. The standard InChI is InChI=1S/C17H17F6N3O/c1-15(2-4-24-5-3-15)9-13-25-14(26-27-13)10-6-11(16(18,19)20)8-12(7-10)17(21,22)23/h6-8,24H,2-5,9H2,1H3. The molecule has 1 fully saturated rings. The van der Waals surface area contributed by atoms with Crippen molar-refractivity contribution in [3.8, 4) is 11.4 Å². The smallest absolute Gasteiger partial charge is 0.339 e. The third-order valence-corrected chi connectivity index (χ3v) is 4.70. The molecule has 27 heavy (non-hydrogen) atoms. The molecule has 1 aliphatic rings. The lowest BCUT2D eigenvalue weighted by molar-refractivity contribution is -0.143. The summed E-state index contributed by atoms with van der Waals surface area (Å²) in [6, 6.07) is 1.26. The quantitative estimate of drug-likeness (QED) is 0.768. The van der Waals surface area contributed by atoms with E-state index in [0.29, 0.717) is 18.6 Å². The average Bonchev–Trinajstić information content (AvgIpc) is 3.01. The molecule has 1 saturated heterocycles. The molecule has 1 aromatic heterocycles. The minimum atomic E-state index is -4.93. The second-order valence-corrected chi connectivity index (χ2v) is 7.04. The van der Waals surface area contributed by atoms with E-state index in [4.69, 9.17) is 4.52 Å². The molecule has 0 unspecified atom stereocenters. The highest BCUT2D eigenvalue weighted by Crippen LogP contribution is 2.38. The highest BCUT2D eigenvalue weighted by atomic mass is 19.4. The number of nitrogens with zero attached hydrogens (tertiary/aromatic N) is 2. The molecule has 0 aliphatic carbocycles. The van der Waals surface area contributed by atoms with Gasteiger partial charge in [0.05, 0.1) is 11.1 Å². The van der Waals surface area contributed by atoms with Gasteiger partial charge in [-0.3, -0.25) is 0 Å². The highest BCUT2D eigenvalue weighted by molar-refractivity contribution is 5.58. The maximum absolute atomic E-state index is 13.0. The van der Waals surface area contributed by atoms with Gasteiger partial charge in [0.25, 0.3) is 0 Å². The van der Waals surface area contributed by atoms with Crippen LogP contribution in [0, 0.1) is 5.41 Å². The molecule has 2 heterocycles.